The summed E-state index contributed by atoms with van der Waals surface area (Å²) < 4.78 is 1.71. The Bertz CT molecular complexity index is 797. The summed E-state index contributed by atoms with van der Waals surface area (Å²) in [6.07, 6.45) is 2.63. The topological polar surface area (TPSA) is 88.3 Å². The average Bonchev–Trinajstić information content (AvgIpc) is 3.10. The molecule has 1 aliphatic heterocycles. The van der Waals surface area contributed by atoms with E-state index in [0.29, 0.717) is 30.8 Å². The molecule has 0 aromatic carbocycles. The summed E-state index contributed by atoms with van der Waals surface area (Å²) in [5.41, 5.74) is 1.08. The summed E-state index contributed by atoms with van der Waals surface area (Å²) in [5, 5.41) is 13.8. The quantitative estimate of drug-likeness (QED) is 0.930. The van der Waals surface area contributed by atoms with Crippen molar-refractivity contribution in [3.8, 4) is 5.82 Å². The SMILES string of the molecule is Cc1cc(C)n(-c2ccc(C(=O)N3CCCC3(C)C(=O)O)cn2)n1. The van der Waals surface area contributed by atoms with Crippen LogP contribution in [-0.2, 0) is 4.79 Å². The summed E-state index contributed by atoms with van der Waals surface area (Å²) in [6, 6.07) is 5.34. The molecule has 2 aromatic rings. The van der Waals surface area contributed by atoms with Gasteiger partial charge in [-0.2, -0.15) is 5.10 Å². The highest BCUT2D eigenvalue weighted by Crippen LogP contribution is 2.30. The molecule has 1 fully saturated rings. The molecule has 0 saturated carbocycles. The lowest BCUT2D eigenvalue weighted by molar-refractivity contribution is -0.147. The van der Waals surface area contributed by atoms with Crippen molar-refractivity contribution in [2.24, 2.45) is 0 Å². The van der Waals surface area contributed by atoms with Gasteiger partial charge in [-0.3, -0.25) is 4.79 Å². The van der Waals surface area contributed by atoms with Crippen LogP contribution in [0.2, 0.25) is 0 Å². The number of hydrogen-bond donors (Lipinski definition) is 1. The van der Waals surface area contributed by atoms with E-state index in [1.54, 1.807) is 23.7 Å². The van der Waals surface area contributed by atoms with E-state index in [1.165, 1.54) is 11.1 Å². The second-order valence-electron chi connectivity index (χ2n) is 6.38. The van der Waals surface area contributed by atoms with Gasteiger partial charge in [0.25, 0.3) is 5.91 Å². The highest BCUT2D eigenvalue weighted by Gasteiger charge is 2.46. The van der Waals surface area contributed by atoms with Crippen molar-refractivity contribution in [3.63, 3.8) is 0 Å². The number of amides is 1. The number of carbonyl (C=O) groups is 2. The number of carbonyl (C=O) groups excluding carboxylic acids is 1. The molecule has 24 heavy (non-hydrogen) atoms. The van der Waals surface area contributed by atoms with Crippen LogP contribution >= 0.6 is 0 Å². The summed E-state index contributed by atoms with van der Waals surface area (Å²) in [5.74, 6) is -0.648. The molecular formula is C17H20N4O3. The molecule has 1 aliphatic rings. The minimum Gasteiger partial charge on any atom is -0.480 e. The second-order valence-corrected chi connectivity index (χ2v) is 6.38. The number of carboxylic acids is 1. The van der Waals surface area contributed by atoms with Gasteiger partial charge in [0.15, 0.2) is 5.82 Å². The Kier molecular flexibility index (Phi) is 3.87. The maximum absolute atomic E-state index is 12.7. The summed E-state index contributed by atoms with van der Waals surface area (Å²) in [4.78, 5) is 30.0. The lowest BCUT2D eigenvalue weighted by atomic mass is 9.99. The molecule has 126 valence electrons. The Labute approximate surface area is 139 Å². The van der Waals surface area contributed by atoms with Crippen LogP contribution in [0.15, 0.2) is 24.4 Å². The van der Waals surface area contributed by atoms with Gasteiger partial charge < -0.3 is 10.0 Å². The van der Waals surface area contributed by atoms with Gasteiger partial charge in [-0.05, 0) is 51.8 Å². The highest BCUT2D eigenvalue weighted by molar-refractivity contribution is 5.98. The maximum Gasteiger partial charge on any atom is 0.329 e. The predicted molar refractivity (Wildman–Crippen MR) is 87.1 cm³/mol. The van der Waals surface area contributed by atoms with E-state index >= 15 is 0 Å². The summed E-state index contributed by atoms with van der Waals surface area (Å²) in [6.45, 7) is 5.88. The molecule has 7 nitrogen and oxygen atoms in total. The number of aromatic nitrogens is 3. The van der Waals surface area contributed by atoms with Crippen LogP contribution in [-0.4, -0.2) is 48.7 Å². The molecule has 1 unspecified atom stereocenters. The van der Waals surface area contributed by atoms with E-state index in [0.717, 1.165) is 11.4 Å². The van der Waals surface area contributed by atoms with Gasteiger partial charge in [0, 0.05) is 18.4 Å². The van der Waals surface area contributed by atoms with E-state index in [1.807, 2.05) is 19.9 Å². The maximum atomic E-state index is 12.7. The molecule has 3 rings (SSSR count). The third-order valence-corrected chi connectivity index (χ3v) is 4.57. The van der Waals surface area contributed by atoms with Gasteiger partial charge in [-0.15, -0.1) is 0 Å². The molecule has 2 aromatic heterocycles. The molecule has 7 heteroatoms. The van der Waals surface area contributed by atoms with Gasteiger partial charge in [-0.1, -0.05) is 0 Å². The Balaban J connectivity index is 1.87. The van der Waals surface area contributed by atoms with E-state index in [9.17, 15) is 14.7 Å². The first-order valence-electron chi connectivity index (χ1n) is 7.88. The molecule has 0 radical (unpaired) electrons. The van der Waals surface area contributed by atoms with Crippen LogP contribution in [0.1, 0.15) is 41.5 Å². The fourth-order valence-electron chi connectivity index (χ4n) is 3.17. The van der Waals surface area contributed by atoms with E-state index in [4.69, 9.17) is 0 Å². The van der Waals surface area contributed by atoms with Gasteiger partial charge in [-0.25, -0.2) is 14.5 Å². The minimum atomic E-state index is -1.15. The first-order valence-corrected chi connectivity index (χ1v) is 7.88. The van der Waals surface area contributed by atoms with Crippen molar-refractivity contribution in [2.75, 3.05) is 6.54 Å². The van der Waals surface area contributed by atoms with Crippen LogP contribution in [0.4, 0.5) is 0 Å². The molecule has 1 amide bonds. The number of pyridine rings is 1. The highest BCUT2D eigenvalue weighted by atomic mass is 16.4. The second kappa shape index (κ2) is 5.74. The van der Waals surface area contributed by atoms with Crippen LogP contribution < -0.4 is 0 Å². The Morgan fingerprint density at radius 1 is 1.29 bits per heavy atom. The fraction of sp³-hybridized carbons (Fsp3) is 0.412. The van der Waals surface area contributed by atoms with E-state index in [2.05, 4.69) is 10.1 Å². The molecule has 0 bridgehead atoms. The zero-order valence-electron chi connectivity index (χ0n) is 14.0. The number of aliphatic carboxylic acids is 1. The monoisotopic (exact) mass is 328 g/mol. The van der Waals surface area contributed by atoms with Crippen molar-refractivity contribution >= 4 is 11.9 Å². The van der Waals surface area contributed by atoms with Crippen molar-refractivity contribution in [2.45, 2.75) is 39.2 Å². The predicted octanol–water partition coefficient (Wildman–Crippen LogP) is 1.96. The van der Waals surface area contributed by atoms with E-state index < -0.39 is 11.5 Å². The van der Waals surface area contributed by atoms with Crippen molar-refractivity contribution < 1.29 is 14.7 Å². The lowest BCUT2D eigenvalue weighted by Gasteiger charge is -2.31. The number of carboxylic acid groups (broad SMARTS) is 1. The van der Waals surface area contributed by atoms with E-state index in [-0.39, 0.29) is 5.91 Å². The fourth-order valence-corrected chi connectivity index (χ4v) is 3.17. The first-order chi connectivity index (χ1) is 11.3. The van der Waals surface area contributed by atoms with Gasteiger partial charge in [0.1, 0.15) is 5.54 Å². The molecule has 0 spiro atoms. The van der Waals surface area contributed by atoms with Crippen LogP contribution in [0.3, 0.4) is 0 Å². The molecule has 1 N–H and O–H groups in total. The van der Waals surface area contributed by atoms with Gasteiger partial charge in [0.05, 0.1) is 11.3 Å². The van der Waals surface area contributed by atoms with Crippen molar-refractivity contribution in [3.05, 3.63) is 41.3 Å². The van der Waals surface area contributed by atoms with Crippen LogP contribution in [0, 0.1) is 13.8 Å². The molecule has 3 heterocycles. The molecule has 1 saturated heterocycles. The van der Waals surface area contributed by atoms with Gasteiger partial charge in [0.2, 0.25) is 0 Å². The number of likely N-dealkylation sites (tertiary alicyclic amines) is 1. The standard InChI is InChI=1S/C17H20N4O3/c1-11-9-12(2)21(19-11)14-6-5-13(10-18-14)15(22)20-8-4-7-17(20,3)16(23)24/h5-6,9-10H,4,7-8H2,1-3H3,(H,23,24). The smallest absolute Gasteiger partial charge is 0.329 e. The van der Waals surface area contributed by atoms with Crippen LogP contribution in [0.5, 0.6) is 0 Å². The largest absolute Gasteiger partial charge is 0.480 e. The number of hydrogen-bond acceptors (Lipinski definition) is 4. The first kappa shape index (κ1) is 16.2. The minimum absolute atomic E-state index is 0.301. The number of aryl methyl sites for hydroxylation is 2. The number of nitrogens with zero attached hydrogens (tertiary/aromatic N) is 4. The Morgan fingerprint density at radius 3 is 2.58 bits per heavy atom. The average molecular weight is 328 g/mol. The molecule has 0 aliphatic carbocycles. The molecule has 1 atom stereocenters. The van der Waals surface area contributed by atoms with Crippen molar-refractivity contribution in [1.82, 2.24) is 19.7 Å². The Morgan fingerprint density at radius 2 is 2.04 bits per heavy atom. The van der Waals surface area contributed by atoms with Crippen molar-refractivity contribution in [1.29, 1.82) is 0 Å². The third-order valence-electron chi connectivity index (χ3n) is 4.57. The van der Waals surface area contributed by atoms with Gasteiger partial charge >= 0.3 is 5.97 Å². The number of rotatable bonds is 3. The summed E-state index contributed by atoms with van der Waals surface area (Å²) >= 11 is 0. The zero-order valence-corrected chi connectivity index (χ0v) is 14.0. The zero-order chi connectivity index (χ0) is 17.5. The summed E-state index contributed by atoms with van der Waals surface area (Å²) in [7, 11) is 0. The lowest BCUT2D eigenvalue weighted by Crippen LogP contribution is -2.50. The van der Waals surface area contributed by atoms with Crippen LogP contribution in [0.25, 0.3) is 5.82 Å². The Hall–Kier alpha value is -2.70. The normalized spacial score (nSPS) is 20.4. The third kappa shape index (κ3) is 2.55. The molecular weight excluding hydrogens is 308 g/mol.